The zero-order valence-corrected chi connectivity index (χ0v) is 9.53. The molecule has 82 valence electrons. The first-order valence-corrected chi connectivity index (χ1v) is 5.62. The van der Waals surface area contributed by atoms with E-state index in [1.165, 1.54) is 18.5 Å². The molecule has 1 heterocycles. The minimum atomic E-state index is 0.853. The van der Waals surface area contributed by atoms with Crippen LogP contribution in [0.25, 0.3) is 0 Å². The minimum Gasteiger partial charge on any atom is -0.384 e. The SMILES string of the molecule is Cc1cc(NCCN(C)C2CC2)ccn1. The van der Waals surface area contributed by atoms with Crippen LogP contribution in [0, 0.1) is 6.92 Å². The highest BCUT2D eigenvalue weighted by Crippen LogP contribution is 2.24. The summed E-state index contributed by atoms with van der Waals surface area (Å²) in [7, 11) is 2.21. The number of aryl methyl sites for hydroxylation is 1. The fourth-order valence-corrected chi connectivity index (χ4v) is 1.73. The topological polar surface area (TPSA) is 28.2 Å². The van der Waals surface area contributed by atoms with Gasteiger partial charge in [0, 0.05) is 36.7 Å². The molecule has 0 unspecified atom stereocenters. The van der Waals surface area contributed by atoms with Crippen molar-refractivity contribution in [3.05, 3.63) is 24.0 Å². The zero-order valence-electron chi connectivity index (χ0n) is 9.53. The molecule has 1 aromatic heterocycles. The van der Waals surface area contributed by atoms with Gasteiger partial charge in [-0.15, -0.1) is 0 Å². The van der Waals surface area contributed by atoms with E-state index >= 15 is 0 Å². The number of pyridine rings is 1. The number of nitrogens with one attached hydrogen (secondary N) is 1. The van der Waals surface area contributed by atoms with Crippen LogP contribution in [0.1, 0.15) is 18.5 Å². The second-order valence-corrected chi connectivity index (χ2v) is 4.32. The normalized spacial score (nSPS) is 15.7. The van der Waals surface area contributed by atoms with E-state index in [1.54, 1.807) is 0 Å². The summed E-state index contributed by atoms with van der Waals surface area (Å²) in [4.78, 5) is 6.60. The van der Waals surface area contributed by atoms with Crippen molar-refractivity contribution in [3.8, 4) is 0 Å². The first kappa shape index (κ1) is 10.4. The van der Waals surface area contributed by atoms with Crippen LogP contribution in [0.5, 0.6) is 0 Å². The van der Waals surface area contributed by atoms with Crippen molar-refractivity contribution < 1.29 is 0 Å². The predicted molar refractivity (Wildman–Crippen MR) is 63.1 cm³/mol. The molecule has 0 radical (unpaired) electrons. The van der Waals surface area contributed by atoms with E-state index in [9.17, 15) is 0 Å². The molecule has 0 spiro atoms. The Morgan fingerprint density at radius 1 is 1.53 bits per heavy atom. The summed E-state index contributed by atoms with van der Waals surface area (Å²) in [5.74, 6) is 0. The van der Waals surface area contributed by atoms with Gasteiger partial charge in [-0.3, -0.25) is 4.98 Å². The van der Waals surface area contributed by atoms with Crippen molar-refractivity contribution >= 4 is 5.69 Å². The maximum absolute atomic E-state index is 4.17. The lowest BCUT2D eigenvalue weighted by Gasteiger charge is -2.16. The highest BCUT2D eigenvalue weighted by atomic mass is 15.2. The Bertz CT molecular complexity index is 320. The van der Waals surface area contributed by atoms with Crippen LogP contribution < -0.4 is 5.32 Å². The summed E-state index contributed by atoms with van der Waals surface area (Å²) in [5.41, 5.74) is 2.24. The number of hydrogen-bond acceptors (Lipinski definition) is 3. The maximum Gasteiger partial charge on any atom is 0.0393 e. The maximum atomic E-state index is 4.17. The third-order valence-corrected chi connectivity index (χ3v) is 2.86. The summed E-state index contributed by atoms with van der Waals surface area (Å²) in [6.45, 7) is 4.14. The molecule has 15 heavy (non-hydrogen) atoms. The van der Waals surface area contributed by atoms with Gasteiger partial charge in [-0.1, -0.05) is 0 Å². The van der Waals surface area contributed by atoms with Crippen molar-refractivity contribution in [1.29, 1.82) is 0 Å². The number of likely N-dealkylation sites (N-methyl/N-ethyl adjacent to an activating group) is 1. The number of hydrogen-bond donors (Lipinski definition) is 1. The fourth-order valence-electron chi connectivity index (χ4n) is 1.73. The van der Waals surface area contributed by atoms with Crippen LogP contribution >= 0.6 is 0 Å². The van der Waals surface area contributed by atoms with Crippen molar-refractivity contribution in [2.45, 2.75) is 25.8 Å². The highest BCUT2D eigenvalue weighted by Gasteiger charge is 2.25. The van der Waals surface area contributed by atoms with Gasteiger partial charge < -0.3 is 10.2 Å². The third-order valence-electron chi connectivity index (χ3n) is 2.86. The monoisotopic (exact) mass is 205 g/mol. The molecule has 1 aliphatic rings. The van der Waals surface area contributed by atoms with E-state index < -0.39 is 0 Å². The van der Waals surface area contributed by atoms with Crippen LogP contribution in [-0.4, -0.2) is 36.1 Å². The standard InChI is InChI=1S/C12H19N3/c1-10-9-11(5-6-13-10)14-7-8-15(2)12-3-4-12/h5-6,9,12H,3-4,7-8H2,1-2H3,(H,13,14). The number of rotatable bonds is 5. The van der Waals surface area contributed by atoms with Crippen molar-refractivity contribution in [2.75, 3.05) is 25.5 Å². The Kier molecular flexibility index (Phi) is 3.21. The van der Waals surface area contributed by atoms with E-state index in [0.717, 1.165) is 24.8 Å². The zero-order chi connectivity index (χ0) is 10.7. The summed E-state index contributed by atoms with van der Waals surface area (Å²) >= 11 is 0. The average Bonchev–Trinajstić information content (AvgIpc) is 3.00. The Morgan fingerprint density at radius 3 is 3.00 bits per heavy atom. The average molecular weight is 205 g/mol. The molecule has 0 aromatic carbocycles. The first-order valence-electron chi connectivity index (χ1n) is 5.62. The molecule has 0 aliphatic heterocycles. The van der Waals surface area contributed by atoms with Crippen LogP contribution in [0.4, 0.5) is 5.69 Å². The van der Waals surface area contributed by atoms with Crippen molar-refractivity contribution in [3.63, 3.8) is 0 Å². The van der Waals surface area contributed by atoms with Gasteiger partial charge in [0.15, 0.2) is 0 Å². The molecular formula is C12H19N3. The predicted octanol–water partition coefficient (Wildman–Crippen LogP) is 1.90. The Hall–Kier alpha value is -1.09. The second-order valence-electron chi connectivity index (χ2n) is 4.32. The Morgan fingerprint density at radius 2 is 2.33 bits per heavy atom. The molecule has 1 aliphatic carbocycles. The molecule has 3 heteroatoms. The van der Waals surface area contributed by atoms with E-state index in [2.05, 4.69) is 28.3 Å². The first-order chi connectivity index (χ1) is 7.25. The second kappa shape index (κ2) is 4.62. The van der Waals surface area contributed by atoms with E-state index in [0.29, 0.717) is 0 Å². The Balaban J connectivity index is 1.73. The summed E-state index contributed by atoms with van der Waals surface area (Å²) < 4.78 is 0. The van der Waals surface area contributed by atoms with Gasteiger partial charge >= 0.3 is 0 Å². The molecule has 0 atom stereocenters. The molecule has 1 saturated carbocycles. The quantitative estimate of drug-likeness (QED) is 0.795. The van der Waals surface area contributed by atoms with E-state index in [-0.39, 0.29) is 0 Å². The van der Waals surface area contributed by atoms with Gasteiger partial charge in [0.25, 0.3) is 0 Å². The molecule has 2 rings (SSSR count). The molecule has 0 amide bonds. The summed E-state index contributed by atoms with van der Waals surface area (Å²) in [5, 5.41) is 3.42. The highest BCUT2D eigenvalue weighted by molar-refractivity contribution is 5.42. The molecule has 1 fully saturated rings. The van der Waals surface area contributed by atoms with Crippen molar-refractivity contribution in [2.24, 2.45) is 0 Å². The molecule has 1 N–H and O–H groups in total. The molecule has 3 nitrogen and oxygen atoms in total. The number of nitrogens with zero attached hydrogens (tertiary/aromatic N) is 2. The van der Waals surface area contributed by atoms with Gasteiger partial charge in [0.2, 0.25) is 0 Å². The van der Waals surface area contributed by atoms with Crippen LogP contribution in [-0.2, 0) is 0 Å². The molecule has 1 aromatic rings. The van der Waals surface area contributed by atoms with E-state index in [4.69, 9.17) is 0 Å². The van der Waals surface area contributed by atoms with Crippen LogP contribution in [0.2, 0.25) is 0 Å². The van der Waals surface area contributed by atoms with Gasteiger partial charge in [0.05, 0.1) is 0 Å². The van der Waals surface area contributed by atoms with Gasteiger partial charge in [-0.05, 0) is 38.9 Å². The van der Waals surface area contributed by atoms with Gasteiger partial charge in [0.1, 0.15) is 0 Å². The summed E-state index contributed by atoms with van der Waals surface area (Å²) in [6, 6.07) is 4.95. The lowest BCUT2D eigenvalue weighted by molar-refractivity contribution is 0.337. The van der Waals surface area contributed by atoms with Crippen LogP contribution in [0.15, 0.2) is 18.3 Å². The molecule has 0 saturated heterocycles. The number of anilines is 1. The van der Waals surface area contributed by atoms with Crippen molar-refractivity contribution in [1.82, 2.24) is 9.88 Å². The third kappa shape index (κ3) is 3.20. The van der Waals surface area contributed by atoms with Gasteiger partial charge in [-0.2, -0.15) is 0 Å². The Labute approximate surface area is 91.5 Å². The largest absolute Gasteiger partial charge is 0.384 e. The van der Waals surface area contributed by atoms with E-state index in [1.807, 2.05) is 19.2 Å². The molecular weight excluding hydrogens is 186 g/mol. The lowest BCUT2D eigenvalue weighted by atomic mass is 10.3. The fraction of sp³-hybridized carbons (Fsp3) is 0.583. The smallest absolute Gasteiger partial charge is 0.0393 e. The van der Waals surface area contributed by atoms with Crippen LogP contribution in [0.3, 0.4) is 0 Å². The molecule has 0 bridgehead atoms. The van der Waals surface area contributed by atoms with Gasteiger partial charge in [-0.25, -0.2) is 0 Å². The lowest BCUT2D eigenvalue weighted by Crippen LogP contribution is -2.27. The summed E-state index contributed by atoms with van der Waals surface area (Å²) in [6.07, 6.45) is 4.61. The number of aromatic nitrogens is 1. The minimum absolute atomic E-state index is 0.853.